The van der Waals surface area contributed by atoms with Crippen LogP contribution in [0.15, 0.2) is 12.1 Å². The molecule has 18 heavy (non-hydrogen) atoms. The molecule has 0 atom stereocenters. The summed E-state index contributed by atoms with van der Waals surface area (Å²) in [4.78, 5) is 0. The van der Waals surface area contributed by atoms with E-state index in [4.69, 9.17) is 14.2 Å². The average Bonchev–Trinajstić information content (AvgIpc) is 2.42. The molecule has 1 N–H and O–H groups in total. The molecule has 0 fully saturated rings. The maximum Gasteiger partial charge on any atom is 0.203 e. The first-order chi connectivity index (χ1) is 8.78. The number of benzene rings is 1. The second-order valence-corrected chi connectivity index (χ2v) is 4.65. The van der Waals surface area contributed by atoms with Crippen molar-refractivity contribution in [1.82, 2.24) is 5.32 Å². The highest BCUT2D eigenvalue weighted by atomic mass is 32.2. The Morgan fingerprint density at radius 1 is 1.06 bits per heavy atom. The van der Waals surface area contributed by atoms with Gasteiger partial charge < -0.3 is 19.5 Å². The monoisotopic (exact) mass is 271 g/mol. The summed E-state index contributed by atoms with van der Waals surface area (Å²) < 4.78 is 16.0. The molecule has 0 heterocycles. The van der Waals surface area contributed by atoms with Crippen molar-refractivity contribution in [3.63, 3.8) is 0 Å². The lowest BCUT2D eigenvalue weighted by Gasteiger charge is -2.16. The fourth-order valence-corrected chi connectivity index (χ4v) is 2.05. The van der Waals surface area contributed by atoms with Gasteiger partial charge in [-0.1, -0.05) is 6.07 Å². The smallest absolute Gasteiger partial charge is 0.203 e. The highest BCUT2D eigenvalue weighted by Gasteiger charge is 2.15. The third kappa shape index (κ3) is 3.71. The van der Waals surface area contributed by atoms with Gasteiger partial charge in [-0.3, -0.25) is 0 Å². The molecule has 0 saturated carbocycles. The van der Waals surface area contributed by atoms with Crippen molar-refractivity contribution in [1.29, 1.82) is 0 Å². The van der Waals surface area contributed by atoms with E-state index in [9.17, 15) is 0 Å². The zero-order valence-electron chi connectivity index (χ0n) is 11.4. The summed E-state index contributed by atoms with van der Waals surface area (Å²) in [5.74, 6) is 3.15. The number of nitrogens with one attached hydrogen (secondary N) is 1. The topological polar surface area (TPSA) is 39.7 Å². The normalized spacial score (nSPS) is 10.2. The molecule has 0 aliphatic heterocycles. The lowest BCUT2D eigenvalue weighted by molar-refractivity contribution is 0.321. The Hall–Kier alpha value is -1.07. The van der Waals surface area contributed by atoms with E-state index < -0.39 is 0 Å². The van der Waals surface area contributed by atoms with Crippen LogP contribution in [0.3, 0.4) is 0 Å². The predicted octanol–water partition coefficient (Wildman–Crippen LogP) is 2.17. The van der Waals surface area contributed by atoms with Gasteiger partial charge >= 0.3 is 0 Å². The number of thioether (sulfide) groups is 1. The second kappa shape index (κ2) is 8.11. The first-order valence-electron chi connectivity index (χ1n) is 5.76. The molecule has 0 saturated heterocycles. The van der Waals surface area contributed by atoms with Crippen molar-refractivity contribution in [3.05, 3.63) is 17.7 Å². The molecule has 0 unspecified atom stereocenters. The van der Waals surface area contributed by atoms with Crippen LogP contribution in [0.5, 0.6) is 17.2 Å². The van der Waals surface area contributed by atoms with E-state index in [1.165, 1.54) is 0 Å². The minimum atomic E-state index is 0.643. The molecule has 0 bridgehead atoms. The molecular weight excluding hydrogens is 250 g/mol. The van der Waals surface area contributed by atoms with Gasteiger partial charge in [0, 0.05) is 24.4 Å². The largest absolute Gasteiger partial charge is 0.493 e. The molecule has 1 aromatic rings. The molecule has 1 rings (SSSR count). The first-order valence-corrected chi connectivity index (χ1v) is 7.15. The zero-order chi connectivity index (χ0) is 13.4. The number of rotatable bonds is 8. The van der Waals surface area contributed by atoms with Crippen LogP contribution in [0.25, 0.3) is 0 Å². The van der Waals surface area contributed by atoms with Crippen molar-refractivity contribution >= 4 is 11.8 Å². The second-order valence-electron chi connectivity index (χ2n) is 3.66. The lowest BCUT2D eigenvalue weighted by Crippen LogP contribution is -2.17. The van der Waals surface area contributed by atoms with Crippen LogP contribution >= 0.6 is 11.8 Å². The molecule has 0 aliphatic carbocycles. The Morgan fingerprint density at radius 3 is 2.33 bits per heavy atom. The Balaban J connectivity index is 2.84. The van der Waals surface area contributed by atoms with Gasteiger partial charge in [-0.05, 0) is 12.3 Å². The van der Waals surface area contributed by atoms with Crippen molar-refractivity contribution in [2.75, 3.05) is 39.9 Å². The van der Waals surface area contributed by atoms with E-state index in [1.807, 2.05) is 23.9 Å². The molecule has 0 aliphatic rings. The summed E-state index contributed by atoms with van der Waals surface area (Å²) in [6.45, 7) is 1.72. The number of hydrogen-bond donors (Lipinski definition) is 1. The third-order valence-corrected chi connectivity index (χ3v) is 3.20. The van der Waals surface area contributed by atoms with Crippen LogP contribution in [0, 0.1) is 0 Å². The highest BCUT2D eigenvalue weighted by Crippen LogP contribution is 2.39. The van der Waals surface area contributed by atoms with E-state index >= 15 is 0 Å². The predicted molar refractivity (Wildman–Crippen MR) is 76.2 cm³/mol. The highest BCUT2D eigenvalue weighted by molar-refractivity contribution is 7.98. The zero-order valence-corrected chi connectivity index (χ0v) is 12.2. The van der Waals surface area contributed by atoms with E-state index in [0.717, 1.165) is 30.2 Å². The van der Waals surface area contributed by atoms with Crippen LogP contribution in [0.2, 0.25) is 0 Å². The Bertz CT molecular complexity index is 371. The van der Waals surface area contributed by atoms with E-state index in [1.54, 1.807) is 21.3 Å². The maximum atomic E-state index is 5.42. The van der Waals surface area contributed by atoms with Crippen molar-refractivity contribution in [2.45, 2.75) is 6.54 Å². The molecule has 0 aromatic heterocycles. The molecule has 1 aromatic carbocycles. The quantitative estimate of drug-likeness (QED) is 0.734. The van der Waals surface area contributed by atoms with Crippen LogP contribution < -0.4 is 19.5 Å². The lowest BCUT2D eigenvalue weighted by atomic mass is 10.1. The van der Waals surface area contributed by atoms with Crippen molar-refractivity contribution < 1.29 is 14.2 Å². The van der Waals surface area contributed by atoms with Crippen LogP contribution in [-0.4, -0.2) is 39.9 Å². The standard InChI is InChI=1S/C13H21NO3S/c1-15-11-6-5-10(9-14-7-8-18-4)12(16-2)13(11)17-3/h5-6,14H,7-9H2,1-4H3. The van der Waals surface area contributed by atoms with Crippen molar-refractivity contribution in [2.24, 2.45) is 0 Å². The molecule has 0 radical (unpaired) electrons. The van der Waals surface area contributed by atoms with E-state index in [-0.39, 0.29) is 0 Å². The van der Waals surface area contributed by atoms with Gasteiger partial charge in [-0.2, -0.15) is 11.8 Å². The summed E-state index contributed by atoms with van der Waals surface area (Å²) in [7, 11) is 4.88. The van der Waals surface area contributed by atoms with Crippen molar-refractivity contribution in [3.8, 4) is 17.2 Å². The van der Waals surface area contributed by atoms with Gasteiger partial charge in [0.1, 0.15) is 0 Å². The minimum absolute atomic E-state index is 0.643. The third-order valence-electron chi connectivity index (χ3n) is 2.58. The first kappa shape index (κ1) is 15.0. The molecule has 102 valence electrons. The van der Waals surface area contributed by atoms with Crippen LogP contribution in [-0.2, 0) is 6.54 Å². The van der Waals surface area contributed by atoms with Gasteiger partial charge in [0.15, 0.2) is 11.5 Å². The number of ether oxygens (including phenoxy) is 3. The minimum Gasteiger partial charge on any atom is -0.493 e. The molecule has 0 spiro atoms. The fraction of sp³-hybridized carbons (Fsp3) is 0.538. The average molecular weight is 271 g/mol. The Kier molecular flexibility index (Phi) is 6.75. The van der Waals surface area contributed by atoms with Crippen LogP contribution in [0.1, 0.15) is 5.56 Å². The summed E-state index contributed by atoms with van der Waals surface area (Å²) in [5, 5.41) is 3.37. The molecular formula is C13H21NO3S. The summed E-state index contributed by atoms with van der Waals surface area (Å²) in [5.41, 5.74) is 1.07. The molecule has 4 nitrogen and oxygen atoms in total. The summed E-state index contributed by atoms with van der Waals surface area (Å²) in [6.07, 6.45) is 2.10. The SMILES string of the molecule is COc1ccc(CNCCSC)c(OC)c1OC. The number of methoxy groups -OCH3 is 3. The van der Waals surface area contributed by atoms with Gasteiger partial charge in [-0.25, -0.2) is 0 Å². The van der Waals surface area contributed by atoms with Crippen LogP contribution in [0.4, 0.5) is 0 Å². The van der Waals surface area contributed by atoms with E-state index in [2.05, 4.69) is 11.6 Å². The van der Waals surface area contributed by atoms with E-state index in [0.29, 0.717) is 11.5 Å². The number of hydrogen-bond acceptors (Lipinski definition) is 5. The Labute approximate surface area is 113 Å². The maximum absolute atomic E-state index is 5.42. The fourth-order valence-electron chi connectivity index (χ4n) is 1.70. The summed E-state index contributed by atoms with van der Waals surface area (Å²) in [6, 6.07) is 3.89. The van der Waals surface area contributed by atoms with Gasteiger partial charge in [0.25, 0.3) is 0 Å². The van der Waals surface area contributed by atoms with Gasteiger partial charge in [0.05, 0.1) is 21.3 Å². The molecule has 0 amide bonds. The van der Waals surface area contributed by atoms with Gasteiger partial charge in [-0.15, -0.1) is 0 Å². The Morgan fingerprint density at radius 2 is 1.78 bits per heavy atom. The molecule has 5 heteroatoms. The summed E-state index contributed by atoms with van der Waals surface area (Å²) >= 11 is 1.82. The van der Waals surface area contributed by atoms with Gasteiger partial charge in [0.2, 0.25) is 5.75 Å².